The number of nitrogens with one attached hydrogen (secondary N) is 1. The fraction of sp³-hybridized carbons (Fsp3) is 0.600. The molecule has 6 heteroatoms. The number of nitrogens with two attached hydrogens (primary N) is 1. The van der Waals surface area contributed by atoms with E-state index in [1.165, 1.54) is 26.0 Å². The molecule has 0 heterocycles. The maximum absolute atomic E-state index is 12.4. The summed E-state index contributed by atoms with van der Waals surface area (Å²) < 4.78 is 32.7. The third kappa shape index (κ3) is 4.11. The summed E-state index contributed by atoms with van der Waals surface area (Å²) in [7, 11) is -2.14. The van der Waals surface area contributed by atoms with Crippen LogP contribution in [0.25, 0.3) is 0 Å². The minimum Gasteiger partial charge on any atom is -0.495 e. The summed E-state index contributed by atoms with van der Waals surface area (Å²) >= 11 is 0. The Hall–Kier alpha value is -1.27. The van der Waals surface area contributed by atoms with Crippen LogP contribution in [0.1, 0.15) is 32.6 Å². The van der Waals surface area contributed by atoms with Crippen LogP contribution < -0.4 is 15.2 Å². The van der Waals surface area contributed by atoms with Crippen LogP contribution in [0, 0.1) is 11.8 Å². The van der Waals surface area contributed by atoms with E-state index in [9.17, 15) is 8.42 Å². The van der Waals surface area contributed by atoms with Gasteiger partial charge in [0.25, 0.3) is 0 Å². The molecule has 0 atom stereocenters. The molecule has 3 N–H and O–H groups in total. The largest absolute Gasteiger partial charge is 0.495 e. The Bertz CT molecular complexity index is 579. The number of hydrogen-bond acceptors (Lipinski definition) is 4. The van der Waals surface area contributed by atoms with Gasteiger partial charge in [-0.15, -0.1) is 0 Å². The van der Waals surface area contributed by atoms with E-state index >= 15 is 0 Å². The quantitative estimate of drug-likeness (QED) is 0.818. The van der Waals surface area contributed by atoms with E-state index in [0.717, 1.165) is 18.8 Å². The molecule has 0 spiro atoms. The third-order valence-corrected chi connectivity index (χ3v) is 5.62. The lowest BCUT2D eigenvalue weighted by atomic mass is 9.83. The second-order valence-corrected chi connectivity index (χ2v) is 7.62. The molecule has 0 bridgehead atoms. The molecule has 118 valence electrons. The molecule has 1 fully saturated rings. The number of methoxy groups -OCH3 is 1. The summed E-state index contributed by atoms with van der Waals surface area (Å²) in [5.41, 5.74) is 6.09. The Morgan fingerprint density at radius 1 is 1.29 bits per heavy atom. The molecular weight excluding hydrogens is 288 g/mol. The highest BCUT2D eigenvalue weighted by Crippen LogP contribution is 2.29. The van der Waals surface area contributed by atoms with Gasteiger partial charge in [-0.1, -0.05) is 19.8 Å². The van der Waals surface area contributed by atoms with Crippen molar-refractivity contribution in [2.75, 3.05) is 19.4 Å². The van der Waals surface area contributed by atoms with Crippen LogP contribution in [-0.4, -0.2) is 22.1 Å². The van der Waals surface area contributed by atoms with Gasteiger partial charge in [0.05, 0.1) is 7.11 Å². The van der Waals surface area contributed by atoms with Crippen LogP contribution >= 0.6 is 0 Å². The van der Waals surface area contributed by atoms with E-state index in [1.54, 1.807) is 12.1 Å². The number of rotatable bonds is 5. The predicted octanol–water partition coefficient (Wildman–Crippen LogP) is 2.38. The highest BCUT2D eigenvalue weighted by atomic mass is 32.2. The summed E-state index contributed by atoms with van der Waals surface area (Å²) in [6.45, 7) is 2.73. The Labute approximate surface area is 126 Å². The average molecular weight is 312 g/mol. The molecule has 1 aromatic carbocycles. The van der Waals surface area contributed by atoms with Crippen LogP contribution in [0.5, 0.6) is 5.75 Å². The number of nitrogen functional groups attached to an aromatic ring is 1. The molecule has 21 heavy (non-hydrogen) atoms. The number of benzene rings is 1. The molecule has 0 unspecified atom stereocenters. The Morgan fingerprint density at radius 2 is 1.95 bits per heavy atom. The minimum absolute atomic E-state index is 0.106. The first kappa shape index (κ1) is 16.1. The Balaban J connectivity index is 2.06. The van der Waals surface area contributed by atoms with E-state index < -0.39 is 10.0 Å². The fourth-order valence-corrected chi connectivity index (χ4v) is 4.06. The second-order valence-electron chi connectivity index (χ2n) is 5.89. The molecule has 1 aliphatic carbocycles. The number of ether oxygens (including phenoxy) is 1. The molecule has 1 aliphatic rings. The first-order valence-corrected chi connectivity index (χ1v) is 8.84. The predicted molar refractivity (Wildman–Crippen MR) is 83.7 cm³/mol. The van der Waals surface area contributed by atoms with Crippen molar-refractivity contribution in [1.82, 2.24) is 4.72 Å². The van der Waals surface area contributed by atoms with Gasteiger partial charge in [0.1, 0.15) is 10.6 Å². The van der Waals surface area contributed by atoms with Gasteiger partial charge in [-0.25, -0.2) is 13.1 Å². The fourth-order valence-electron chi connectivity index (χ4n) is 2.74. The van der Waals surface area contributed by atoms with Crippen molar-refractivity contribution in [3.05, 3.63) is 18.2 Å². The van der Waals surface area contributed by atoms with Crippen LogP contribution in [0.15, 0.2) is 23.1 Å². The first-order valence-electron chi connectivity index (χ1n) is 7.35. The van der Waals surface area contributed by atoms with Gasteiger partial charge in [0.15, 0.2) is 0 Å². The van der Waals surface area contributed by atoms with Crippen molar-refractivity contribution in [3.8, 4) is 5.75 Å². The van der Waals surface area contributed by atoms with Gasteiger partial charge in [-0.3, -0.25) is 0 Å². The summed E-state index contributed by atoms with van der Waals surface area (Å²) in [4.78, 5) is 0.106. The number of hydrogen-bond donors (Lipinski definition) is 2. The topological polar surface area (TPSA) is 81.4 Å². The van der Waals surface area contributed by atoms with Gasteiger partial charge in [-0.2, -0.15) is 0 Å². The Kier molecular flexibility index (Phi) is 5.11. The van der Waals surface area contributed by atoms with Gasteiger partial charge in [0.2, 0.25) is 10.0 Å². The molecule has 1 aromatic rings. The lowest BCUT2D eigenvalue weighted by molar-refractivity contribution is 0.290. The van der Waals surface area contributed by atoms with Crippen molar-refractivity contribution < 1.29 is 13.2 Å². The summed E-state index contributed by atoms with van der Waals surface area (Å²) in [5.74, 6) is 1.49. The first-order chi connectivity index (χ1) is 9.92. The minimum atomic E-state index is -3.59. The lowest BCUT2D eigenvalue weighted by Crippen LogP contribution is -2.31. The monoisotopic (exact) mass is 312 g/mol. The van der Waals surface area contributed by atoms with Gasteiger partial charge >= 0.3 is 0 Å². The SMILES string of the molecule is COc1ccc(N)cc1S(=O)(=O)NCC1CCC(C)CC1. The van der Waals surface area contributed by atoms with E-state index in [2.05, 4.69) is 11.6 Å². The number of anilines is 1. The van der Waals surface area contributed by atoms with E-state index in [-0.39, 0.29) is 4.90 Å². The lowest BCUT2D eigenvalue weighted by Gasteiger charge is -2.26. The molecule has 5 nitrogen and oxygen atoms in total. The van der Waals surface area contributed by atoms with Crippen LogP contribution in [0.2, 0.25) is 0 Å². The molecule has 0 amide bonds. The molecule has 0 aliphatic heterocycles. The van der Waals surface area contributed by atoms with Crippen LogP contribution in [0.3, 0.4) is 0 Å². The third-order valence-electron chi connectivity index (χ3n) is 4.17. The van der Waals surface area contributed by atoms with Crippen LogP contribution in [0.4, 0.5) is 5.69 Å². The van der Waals surface area contributed by atoms with Crippen molar-refractivity contribution in [2.45, 2.75) is 37.5 Å². The smallest absolute Gasteiger partial charge is 0.244 e. The van der Waals surface area contributed by atoms with Crippen molar-refractivity contribution in [2.24, 2.45) is 11.8 Å². The standard InChI is InChI=1S/C15H24N2O3S/c1-11-3-5-12(6-4-11)10-17-21(18,19)15-9-13(16)7-8-14(15)20-2/h7-9,11-12,17H,3-6,10,16H2,1-2H3. The molecule has 0 aromatic heterocycles. The molecular formula is C15H24N2O3S. The zero-order valence-corrected chi connectivity index (χ0v) is 13.4. The molecule has 0 radical (unpaired) electrons. The summed E-state index contributed by atoms with van der Waals surface area (Å²) in [5, 5.41) is 0. The van der Waals surface area contributed by atoms with Gasteiger partial charge < -0.3 is 10.5 Å². The molecule has 1 saturated carbocycles. The van der Waals surface area contributed by atoms with Crippen molar-refractivity contribution in [3.63, 3.8) is 0 Å². The van der Waals surface area contributed by atoms with Crippen LogP contribution in [-0.2, 0) is 10.0 Å². The van der Waals surface area contributed by atoms with Crippen molar-refractivity contribution >= 4 is 15.7 Å². The maximum Gasteiger partial charge on any atom is 0.244 e. The second kappa shape index (κ2) is 6.66. The highest BCUT2D eigenvalue weighted by Gasteiger charge is 2.23. The summed E-state index contributed by atoms with van der Waals surface area (Å²) in [6, 6.07) is 4.64. The van der Waals surface area contributed by atoms with E-state index in [4.69, 9.17) is 10.5 Å². The van der Waals surface area contributed by atoms with Gasteiger partial charge in [0, 0.05) is 12.2 Å². The van der Waals surface area contributed by atoms with Gasteiger partial charge in [-0.05, 0) is 42.9 Å². The molecule has 2 rings (SSSR count). The zero-order chi connectivity index (χ0) is 15.5. The van der Waals surface area contributed by atoms with E-state index in [1.807, 2.05) is 0 Å². The Morgan fingerprint density at radius 3 is 2.57 bits per heavy atom. The van der Waals surface area contributed by atoms with E-state index in [0.29, 0.717) is 23.9 Å². The maximum atomic E-state index is 12.4. The van der Waals surface area contributed by atoms with Crippen molar-refractivity contribution in [1.29, 1.82) is 0 Å². The average Bonchev–Trinajstić information content (AvgIpc) is 2.47. The highest BCUT2D eigenvalue weighted by molar-refractivity contribution is 7.89. The summed E-state index contributed by atoms with van der Waals surface area (Å²) in [6.07, 6.45) is 4.51. The zero-order valence-electron chi connectivity index (χ0n) is 12.6. The number of sulfonamides is 1. The normalized spacial score (nSPS) is 23.0. The molecule has 0 saturated heterocycles.